The average molecular weight is 207 g/mol. The highest BCUT2D eigenvalue weighted by atomic mass is 35.5. The topological polar surface area (TPSA) is 52.0 Å². The van der Waals surface area contributed by atoms with Crippen molar-refractivity contribution < 1.29 is 0 Å². The minimum atomic E-state index is 0.578. The first kappa shape index (κ1) is 9.16. The second kappa shape index (κ2) is 3.07. The lowest BCUT2D eigenvalue weighted by molar-refractivity contribution is 1.50. The van der Waals surface area contributed by atoms with Crippen LogP contribution in [0.5, 0.6) is 0 Å². The van der Waals surface area contributed by atoms with E-state index in [1.807, 2.05) is 31.2 Å². The predicted octanol–water partition coefficient (Wildman–Crippen LogP) is 2.97. The standard InChI is InChI=1S/C11H11ClN2/c1-6-9(12)7-4-2-3-5-8(7)11(14)10(6)13/h2-5H,13-14H2,1H3. The van der Waals surface area contributed by atoms with Gasteiger partial charge in [-0.2, -0.15) is 0 Å². The number of nitrogen functional groups attached to an aromatic ring is 2. The number of rotatable bonds is 0. The van der Waals surface area contributed by atoms with Crippen molar-refractivity contribution in [3.63, 3.8) is 0 Å². The Morgan fingerprint density at radius 1 is 1.00 bits per heavy atom. The Balaban J connectivity index is 3.02. The quantitative estimate of drug-likeness (QED) is 0.652. The van der Waals surface area contributed by atoms with E-state index in [0.717, 1.165) is 16.3 Å². The maximum absolute atomic E-state index is 6.17. The molecule has 2 aromatic rings. The molecule has 0 atom stereocenters. The van der Waals surface area contributed by atoms with Crippen LogP contribution < -0.4 is 11.5 Å². The van der Waals surface area contributed by atoms with Crippen molar-refractivity contribution in [3.05, 3.63) is 34.9 Å². The Morgan fingerprint density at radius 3 is 2.21 bits per heavy atom. The van der Waals surface area contributed by atoms with Crippen LogP contribution in [0.25, 0.3) is 10.8 Å². The first-order valence-corrected chi connectivity index (χ1v) is 4.72. The summed E-state index contributed by atoms with van der Waals surface area (Å²) >= 11 is 6.17. The zero-order valence-corrected chi connectivity index (χ0v) is 8.60. The van der Waals surface area contributed by atoms with Crippen LogP contribution in [-0.4, -0.2) is 0 Å². The first-order chi connectivity index (χ1) is 6.63. The number of halogens is 1. The zero-order valence-electron chi connectivity index (χ0n) is 7.84. The van der Waals surface area contributed by atoms with Gasteiger partial charge in [0.1, 0.15) is 0 Å². The zero-order chi connectivity index (χ0) is 10.3. The molecule has 0 aliphatic heterocycles. The maximum Gasteiger partial charge on any atom is 0.0631 e. The Hall–Kier alpha value is -1.41. The molecule has 2 rings (SSSR count). The third kappa shape index (κ3) is 1.11. The van der Waals surface area contributed by atoms with Gasteiger partial charge in [0, 0.05) is 10.8 Å². The molecule has 0 aromatic heterocycles. The summed E-state index contributed by atoms with van der Waals surface area (Å²) in [6.45, 7) is 1.88. The molecule has 2 nitrogen and oxygen atoms in total. The fourth-order valence-corrected chi connectivity index (χ4v) is 1.84. The molecule has 0 amide bonds. The van der Waals surface area contributed by atoms with E-state index in [2.05, 4.69) is 0 Å². The van der Waals surface area contributed by atoms with Crippen LogP contribution in [-0.2, 0) is 0 Å². The van der Waals surface area contributed by atoms with Crippen LogP contribution in [0.1, 0.15) is 5.56 Å². The Kier molecular flexibility index (Phi) is 2.01. The SMILES string of the molecule is Cc1c(N)c(N)c2ccccc2c1Cl. The second-order valence-electron chi connectivity index (χ2n) is 3.31. The predicted molar refractivity (Wildman–Crippen MR) is 62.5 cm³/mol. The van der Waals surface area contributed by atoms with Gasteiger partial charge in [-0.15, -0.1) is 0 Å². The summed E-state index contributed by atoms with van der Waals surface area (Å²) in [4.78, 5) is 0. The summed E-state index contributed by atoms with van der Waals surface area (Å²) in [5.74, 6) is 0. The third-order valence-corrected chi connectivity index (χ3v) is 2.96. The van der Waals surface area contributed by atoms with Gasteiger partial charge in [-0.3, -0.25) is 0 Å². The summed E-state index contributed by atoms with van der Waals surface area (Å²) in [6.07, 6.45) is 0. The molecule has 0 heterocycles. The van der Waals surface area contributed by atoms with E-state index < -0.39 is 0 Å². The van der Waals surface area contributed by atoms with Gasteiger partial charge >= 0.3 is 0 Å². The molecule has 0 aliphatic carbocycles. The molecule has 2 aromatic carbocycles. The number of benzene rings is 2. The number of hydrogen-bond donors (Lipinski definition) is 2. The molecule has 0 unspecified atom stereocenters. The van der Waals surface area contributed by atoms with Crippen molar-refractivity contribution >= 4 is 33.7 Å². The van der Waals surface area contributed by atoms with Gasteiger partial charge in [0.25, 0.3) is 0 Å². The normalized spacial score (nSPS) is 10.7. The van der Waals surface area contributed by atoms with Crippen LogP contribution in [0.4, 0.5) is 11.4 Å². The van der Waals surface area contributed by atoms with Crippen molar-refractivity contribution in [1.82, 2.24) is 0 Å². The van der Waals surface area contributed by atoms with Crippen molar-refractivity contribution in [1.29, 1.82) is 0 Å². The van der Waals surface area contributed by atoms with Crippen LogP contribution in [0.2, 0.25) is 5.02 Å². The van der Waals surface area contributed by atoms with E-state index in [9.17, 15) is 0 Å². The molecule has 0 saturated heterocycles. The summed E-state index contributed by atoms with van der Waals surface area (Å²) in [6, 6.07) is 7.72. The lowest BCUT2D eigenvalue weighted by atomic mass is 10.0. The summed E-state index contributed by atoms with van der Waals surface area (Å²) in [7, 11) is 0. The van der Waals surface area contributed by atoms with Crippen LogP contribution in [0, 0.1) is 6.92 Å². The molecule has 0 fully saturated rings. The molecular weight excluding hydrogens is 196 g/mol. The molecule has 3 heteroatoms. The highest BCUT2D eigenvalue weighted by molar-refractivity contribution is 6.37. The van der Waals surface area contributed by atoms with Crippen LogP contribution in [0.3, 0.4) is 0 Å². The van der Waals surface area contributed by atoms with Crippen LogP contribution in [0.15, 0.2) is 24.3 Å². The maximum atomic E-state index is 6.17. The number of nitrogens with two attached hydrogens (primary N) is 2. The summed E-state index contributed by atoms with van der Waals surface area (Å²) in [5.41, 5.74) is 13.8. The fourth-order valence-electron chi connectivity index (χ4n) is 1.58. The van der Waals surface area contributed by atoms with E-state index in [4.69, 9.17) is 23.1 Å². The summed E-state index contributed by atoms with van der Waals surface area (Å²) < 4.78 is 0. The molecule has 4 N–H and O–H groups in total. The second-order valence-corrected chi connectivity index (χ2v) is 3.69. The molecule has 14 heavy (non-hydrogen) atoms. The van der Waals surface area contributed by atoms with E-state index in [1.165, 1.54) is 0 Å². The van der Waals surface area contributed by atoms with E-state index in [1.54, 1.807) is 0 Å². The van der Waals surface area contributed by atoms with Gasteiger partial charge in [-0.05, 0) is 12.5 Å². The minimum absolute atomic E-state index is 0.578. The van der Waals surface area contributed by atoms with Gasteiger partial charge in [-0.25, -0.2) is 0 Å². The number of hydrogen-bond acceptors (Lipinski definition) is 2. The minimum Gasteiger partial charge on any atom is -0.397 e. The number of fused-ring (bicyclic) bond motifs is 1. The molecule has 72 valence electrons. The van der Waals surface area contributed by atoms with Gasteiger partial charge in [-0.1, -0.05) is 35.9 Å². The number of anilines is 2. The van der Waals surface area contributed by atoms with E-state index in [0.29, 0.717) is 16.4 Å². The fraction of sp³-hybridized carbons (Fsp3) is 0.0909. The van der Waals surface area contributed by atoms with Gasteiger partial charge in [0.2, 0.25) is 0 Å². The lowest BCUT2D eigenvalue weighted by Crippen LogP contribution is -1.99. The Morgan fingerprint density at radius 2 is 1.57 bits per heavy atom. The average Bonchev–Trinajstić information content (AvgIpc) is 2.23. The molecular formula is C11H11ClN2. The van der Waals surface area contributed by atoms with E-state index in [-0.39, 0.29) is 0 Å². The molecule has 0 saturated carbocycles. The third-order valence-electron chi connectivity index (χ3n) is 2.48. The van der Waals surface area contributed by atoms with Crippen molar-refractivity contribution in [2.75, 3.05) is 11.5 Å². The first-order valence-electron chi connectivity index (χ1n) is 4.34. The van der Waals surface area contributed by atoms with Gasteiger partial charge in [0.05, 0.1) is 16.4 Å². The van der Waals surface area contributed by atoms with Crippen molar-refractivity contribution in [3.8, 4) is 0 Å². The molecule has 0 radical (unpaired) electrons. The highest BCUT2D eigenvalue weighted by Gasteiger charge is 2.10. The Labute approximate surface area is 87.5 Å². The molecule has 0 bridgehead atoms. The van der Waals surface area contributed by atoms with E-state index >= 15 is 0 Å². The summed E-state index contributed by atoms with van der Waals surface area (Å²) in [5, 5.41) is 2.56. The largest absolute Gasteiger partial charge is 0.397 e. The van der Waals surface area contributed by atoms with Gasteiger partial charge in [0.15, 0.2) is 0 Å². The smallest absolute Gasteiger partial charge is 0.0631 e. The molecule has 0 aliphatic rings. The highest BCUT2D eigenvalue weighted by Crippen LogP contribution is 2.36. The lowest BCUT2D eigenvalue weighted by Gasteiger charge is -2.11. The Bertz CT molecular complexity index is 460. The monoisotopic (exact) mass is 206 g/mol. The molecule has 0 spiro atoms. The van der Waals surface area contributed by atoms with Gasteiger partial charge < -0.3 is 11.5 Å². The van der Waals surface area contributed by atoms with Crippen molar-refractivity contribution in [2.24, 2.45) is 0 Å². The van der Waals surface area contributed by atoms with Crippen LogP contribution >= 0.6 is 11.6 Å². The van der Waals surface area contributed by atoms with Crippen molar-refractivity contribution in [2.45, 2.75) is 6.92 Å².